The molecule has 0 radical (unpaired) electrons. The molecule has 2 rings (SSSR count). The summed E-state index contributed by atoms with van der Waals surface area (Å²) in [5.41, 5.74) is 1.43. The zero-order valence-electron chi connectivity index (χ0n) is 11.5. The third-order valence-corrected chi connectivity index (χ3v) is 3.63. The predicted octanol–water partition coefficient (Wildman–Crippen LogP) is 1.52. The fourth-order valence-electron chi connectivity index (χ4n) is 2.46. The van der Waals surface area contributed by atoms with Crippen molar-refractivity contribution in [2.45, 2.75) is 31.8 Å². The molecule has 1 aliphatic rings. The van der Waals surface area contributed by atoms with E-state index in [1.165, 1.54) is 18.6 Å². The molecule has 0 spiro atoms. The van der Waals surface area contributed by atoms with Crippen LogP contribution < -0.4 is 0 Å². The van der Waals surface area contributed by atoms with Crippen molar-refractivity contribution in [3.63, 3.8) is 0 Å². The lowest BCUT2D eigenvalue weighted by atomic mass is 9.91. The molecule has 4 heteroatoms. The maximum atomic E-state index is 13.6. The van der Waals surface area contributed by atoms with Gasteiger partial charge in [0, 0.05) is 24.7 Å². The Morgan fingerprint density at radius 3 is 2.65 bits per heavy atom. The van der Waals surface area contributed by atoms with E-state index in [1.54, 1.807) is 0 Å². The van der Waals surface area contributed by atoms with Crippen molar-refractivity contribution >= 4 is 0 Å². The predicted molar refractivity (Wildman–Crippen MR) is 75.5 cm³/mol. The van der Waals surface area contributed by atoms with Gasteiger partial charge in [0.15, 0.2) is 0 Å². The summed E-state index contributed by atoms with van der Waals surface area (Å²) >= 11 is 0. The molecule has 1 aromatic rings. The molecule has 0 heterocycles. The zero-order valence-corrected chi connectivity index (χ0v) is 11.5. The monoisotopic (exact) mass is 277 g/mol. The molecule has 1 fully saturated rings. The highest BCUT2D eigenvalue weighted by Crippen LogP contribution is 2.26. The Kier molecular flexibility index (Phi) is 5.54. The highest BCUT2D eigenvalue weighted by Gasteiger charge is 2.24. The lowest BCUT2D eigenvalue weighted by Crippen LogP contribution is -2.41. The van der Waals surface area contributed by atoms with Crippen LogP contribution in [0.2, 0.25) is 0 Å². The van der Waals surface area contributed by atoms with Crippen LogP contribution in [0.25, 0.3) is 0 Å². The molecule has 1 aliphatic carbocycles. The summed E-state index contributed by atoms with van der Waals surface area (Å²) in [6.45, 7) is 1.11. The Hall–Kier alpha value is -1.41. The van der Waals surface area contributed by atoms with Crippen LogP contribution in [0.5, 0.6) is 0 Å². The Balaban J connectivity index is 2.11. The van der Waals surface area contributed by atoms with Gasteiger partial charge in [0.25, 0.3) is 0 Å². The first-order valence-electron chi connectivity index (χ1n) is 6.97. The topological polar surface area (TPSA) is 43.7 Å². The summed E-state index contributed by atoms with van der Waals surface area (Å²) in [5.74, 6) is 4.94. The van der Waals surface area contributed by atoms with E-state index in [0.717, 1.165) is 18.4 Å². The van der Waals surface area contributed by atoms with Gasteiger partial charge >= 0.3 is 0 Å². The Morgan fingerprint density at radius 1 is 1.25 bits per heavy atom. The van der Waals surface area contributed by atoms with Crippen LogP contribution in [-0.4, -0.2) is 40.9 Å². The molecule has 0 bridgehead atoms. The molecule has 0 aliphatic heterocycles. The van der Waals surface area contributed by atoms with Crippen LogP contribution in [0.15, 0.2) is 18.2 Å². The van der Waals surface area contributed by atoms with E-state index in [2.05, 4.69) is 16.7 Å². The fraction of sp³-hybridized carbons (Fsp3) is 0.500. The number of benzene rings is 1. The smallest absolute Gasteiger partial charge is 0.124 e. The van der Waals surface area contributed by atoms with E-state index >= 15 is 0 Å². The molecule has 0 atom stereocenters. The molecule has 0 saturated heterocycles. The van der Waals surface area contributed by atoms with Gasteiger partial charge in [0.05, 0.1) is 6.61 Å². The van der Waals surface area contributed by atoms with E-state index in [1.807, 2.05) is 6.07 Å². The van der Waals surface area contributed by atoms with Gasteiger partial charge in [-0.05, 0) is 36.6 Å². The number of aliphatic hydroxyl groups is 2. The Labute approximate surface area is 119 Å². The van der Waals surface area contributed by atoms with Crippen molar-refractivity contribution in [2.24, 2.45) is 0 Å². The summed E-state index contributed by atoms with van der Waals surface area (Å²) in [6, 6.07) is 5.21. The number of halogens is 1. The molecular formula is C16H20FNO2. The fourth-order valence-corrected chi connectivity index (χ4v) is 2.46. The summed E-state index contributed by atoms with van der Waals surface area (Å²) in [5, 5.41) is 17.8. The van der Waals surface area contributed by atoms with Crippen LogP contribution in [0.4, 0.5) is 4.39 Å². The number of rotatable bonds is 5. The van der Waals surface area contributed by atoms with Crippen LogP contribution in [0, 0.1) is 17.7 Å². The Morgan fingerprint density at radius 2 is 2.05 bits per heavy atom. The van der Waals surface area contributed by atoms with Gasteiger partial charge < -0.3 is 10.2 Å². The molecule has 108 valence electrons. The number of nitrogens with zero attached hydrogens (tertiary/aromatic N) is 1. The second-order valence-electron chi connectivity index (χ2n) is 5.09. The first-order chi connectivity index (χ1) is 9.72. The number of hydrogen-bond donors (Lipinski definition) is 2. The highest BCUT2D eigenvalue weighted by atomic mass is 19.1. The van der Waals surface area contributed by atoms with Crippen molar-refractivity contribution in [3.8, 4) is 11.8 Å². The minimum atomic E-state index is -0.317. The van der Waals surface area contributed by atoms with Crippen molar-refractivity contribution in [3.05, 3.63) is 35.1 Å². The standard InChI is InChI=1S/C16H20FNO2/c17-15-10-13(3-2-7-19)9-14(11-15)12-18(6-8-20)16-4-1-5-16/h9-11,16,19-20H,1,4-8,12H2. The quantitative estimate of drug-likeness (QED) is 0.802. The molecule has 1 aromatic carbocycles. The number of aliphatic hydroxyl groups excluding tert-OH is 2. The minimum absolute atomic E-state index is 0.114. The lowest BCUT2D eigenvalue weighted by Gasteiger charge is -2.37. The van der Waals surface area contributed by atoms with Gasteiger partial charge in [-0.3, -0.25) is 4.90 Å². The maximum Gasteiger partial charge on any atom is 0.124 e. The van der Waals surface area contributed by atoms with E-state index in [0.29, 0.717) is 24.7 Å². The van der Waals surface area contributed by atoms with Gasteiger partial charge in [-0.15, -0.1) is 0 Å². The first-order valence-corrected chi connectivity index (χ1v) is 6.97. The van der Waals surface area contributed by atoms with E-state index < -0.39 is 0 Å². The first kappa shape index (κ1) is 15.0. The molecule has 20 heavy (non-hydrogen) atoms. The molecule has 0 unspecified atom stereocenters. The third-order valence-electron chi connectivity index (χ3n) is 3.63. The molecule has 1 saturated carbocycles. The molecular weight excluding hydrogens is 257 g/mol. The Bertz CT molecular complexity index is 503. The average Bonchev–Trinajstić information content (AvgIpc) is 2.34. The van der Waals surface area contributed by atoms with Gasteiger partial charge in [0.2, 0.25) is 0 Å². The summed E-state index contributed by atoms with van der Waals surface area (Å²) in [4.78, 5) is 2.20. The summed E-state index contributed by atoms with van der Waals surface area (Å²) in [7, 11) is 0. The second-order valence-corrected chi connectivity index (χ2v) is 5.09. The molecule has 3 nitrogen and oxygen atoms in total. The van der Waals surface area contributed by atoms with Crippen LogP contribution >= 0.6 is 0 Å². The normalized spacial score (nSPS) is 14.8. The molecule has 0 amide bonds. The van der Waals surface area contributed by atoms with E-state index in [4.69, 9.17) is 10.2 Å². The molecule has 0 aromatic heterocycles. The van der Waals surface area contributed by atoms with E-state index in [-0.39, 0.29) is 19.0 Å². The van der Waals surface area contributed by atoms with Crippen molar-refractivity contribution in [2.75, 3.05) is 19.8 Å². The maximum absolute atomic E-state index is 13.6. The summed E-state index contributed by atoms with van der Waals surface area (Å²) in [6.07, 6.45) is 3.52. The van der Waals surface area contributed by atoms with Crippen LogP contribution in [0.1, 0.15) is 30.4 Å². The minimum Gasteiger partial charge on any atom is -0.395 e. The van der Waals surface area contributed by atoms with E-state index in [9.17, 15) is 4.39 Å². The van der Waals surface area contributed by atoms with Gasteiger partial charge in [-0.1, -0.05) is 18.3 Å². The van der Waals surface area contributed by atoms with Crippen molar-refractivity contribution in [1.82, 2.24) is 4.90 Å². The highest BCUT2D eigenvalue weighted by molar-refractivity contribution is 5.37. The average molecular weight is 277 g/mol. The van der Waals surface area contributed by atoms with Crippen LogP contribution in [-0.2, 0) is 6.54 Å². The van der Waals surface area contributed by atoms with Gasteiger partial charge in [-0.25, -0.2) is 4.39 Å². The SMILES string of the molecule is OCC#Cc1cc(F)cc(CN(CCO)C2CCC2)c1. The summed E-state index contributed by atoms with van der Waals surface area (Å²) < 4.78 is 13.6. The third kappa shape index (κ3) is 4.04. The van der Waals surface area contributed by atoms with Gasteiger partial charge in [-0.2, -0.15) is 0 Å². The largest absolute Gasteiger partial charge is 0.395 e. The zero-order chi connectivity index (χ0) is 14.4. The van der Waals surface area contributed by atoms with Crippen molar-refractivity contribution < 1.29 is 14.6 Å². The van der Waals surface area contributed by atoms with Gasteiger partial charge in [0.1, 0.15) is 12.4 Å². The lowest BCUT2D eigenvalue weighted by molar-refractivity contribution is 0.0945. The number of hydrogen-bond acceptors (Lipinski definition) is 3. The molecule has 2 N–H and O–H groups in total. The second kappa shape index (κ2) is 7.39. The van der Waals surface area contributed by atoms with Crippen LogP contribution in [0.3, 0.4) is 0 Å². The van der Waals surface area contributed by atoms with Crippen molar-refractivity contribution in [1.29, 1.82) is 0 Å².